The molecule has 8 heteroatoms. The fourth-order valence-electron chi connectivity index (χ4n) is 3.10. The van der Waals surface area contributed by atoms with Crippen molar-refractivity contribution >= 4 is 17.7 Å². The minimum Gasteiger partial charge on any atom is -0.485 e. The van der Waals surface area contributed by atoms with Crippen molar-refractivity contribution in [3.8, 4) is 5.75 Å². The fraction of sp³-hybridized carbons (Fsp3) is 0.348. The van der Waals surface area contributed by atoms with E-state index in [2.05, 4.69) is 36.2 Å². The summed E-state index contributed by atoms with van der Waals surface area (Å²) in [7, 11) is 3.47. The second-order valence-corrected chi connectivity index (χ2v) is 8.97. The van der Waals surface area contributed by atoms with Crippen LogP contribution in [0.5, 0.6) is 5.75 Å². The number of nitrogens with two attached hydrogens (primary N) is 1. The van der Waals surface area contributed by atoms with Crippen molar-refractivity contribution in [3.63, 3.8) is 0 Å². The molecule has 31 heavy (non-hydrogen) atoms. The molecule has 3 aromatic rings. The average Bonchev–Trinajstić information content (AvgIpc) is 3.09. The first kappa shape index (κ1) is 22.7. The van der Waals surface area contributed by atoms with E-state index in [1.165, 1.54) is 16.4 Å². The molecular formula is C23H29N5O2S. The summed E-state index contributed by atoms with van der Waals surface area (Å²) < 4.78 is 7.44. The maximum atomic E-state index is 12.8. The highest BCUT2D eigenvalue weighted by Crippen LogP contribution is 2.35. The molecule has 0 aliphatic carbocycles. The largest absolute Gasteiger partial charge is 0.485 e. The molecule has 1 heterocycles. The molecule has 0 fully saturated rings. The fourth-order valence-corrected chi connectivity index (χ4v) is 4.22. The van der Waals surface area contributed by atoms with Crippen molar-refractivity contribution in [3.05, 3.63) is 71.0 Å². The lowest BCUT2D eigenvalue weighted by Gasteiger charge is -2.20. The van der Waals surface area contributed by atoms with Crippen LogP contribution in [0.25, 0.3) is 0 Å². The van der Waals surface area contributed by atoms with E-state index >= 15 is 0 Å². The Labute approximate surface area is 187 Å². The number of thioether (sulfide) groups is 1. The number of hydrogen-bond donors (Lipinski definition) is 1. The molecule has 1 amide bonds. The Bertz CT molecular complexity index is 1030. The lowest BCUT2D eigenvalue weighted by molar-refractivity contribution is -0.128. The van der Waals surface area contributed by atoms with Crippen molar-refractivity contribution in [1.82, 2.24) is 19.8 Å². The molecular weight excluding hydrogens is 410 g/mol. The van der Waals surface area contributed by atoms with E-state index in [-0.39, 0.29) is 12.5 Å². The van der Waals surface area contributed by atoms with Crippen LogP contribution in [-0.4, -0.2) is 39.8 Å². The second kappa shape index (κ2) is 9.87. The number of rotatable bonds is 8. The lowest BCUT2D eigenvalue weighted by atomic mass is 10.0. The molecule has 0 saturated heterocycles. The summed E-state index contributed by atoms with van der Waals surface area (Å²) in [6.45, 7) is 6.47. The van der Waals surface area contributed by atoms with Crippen molar-refractivity contribution < 1.29 is 9.53 Å². The van der Waals surface area contributed by atoms with Crippen LogP contribution in [0.3, 0.4) is 0 Å². The number of hydrogen-bond acceptors (Lipinski definition) is 6. The summed E-state index contributed by atoms with van der Waals surface area (Å²) >= 11 is 1.28. The van der Waals surface area contributed by atoms with Gasteiger partial charge in [0.15, 0.2) is 5.82 Å². The number of aryl methyl sites for hydroxylation is 1. The maximum absolute atomic E-state index is 12.8. The van der Waals surface area contributed by atoms with Crippen molar-refractivity contribution in [2.75, 3.05) is 19.9 Å². The second-order valence-electron chi connectivity index (χ2n) is 7.89. The summed E-state index contributed by atoms with van der Waals surface area (Å²) in [6, 6.07) is 15.8. The molecule has 0 radical (unpaired) electrons. The van der Waals surface area contributed by atoms with Crippen LogP contribution in [0.4, 0.5) is 0 Å². The third kappa shape index (κ3) is 5.38. The van der Waals surface area contributed by atoms with Crippen LogP contribution in [0.2, 0.25) is 0 Å². The quantitative estimate of drug-likeness (QED) is 0.423. The molecule has 0 bridgehead atoms. The Morgan fingerprint density at radius 1 is 1.16 bits per heavy atom. The van der Waals surface area contributed by atoms with Crippen molar-refractivity contribution in [1.29, 1.82) is 0 Å². The van der Waals surface area contributed by atoms with Gasteiger partial charge < -0.3 is 15.5 Å². The first-order chi connectivity index (χ1) is 14.8. The van der Waals surface area contributed by atoms with Gasteiger partial charge in [-0.05, 0) is 35.6 Å². The first-order valence-corrected chi connectivity index (χ1v) is 11.0. The molecule has 1 atom stereocenters. The number of carbonyl (C=O) groups excluding carboxylic acids is 1. The Balaban J connectivity index is 1.80. The summed E-state index contributed by atoms with van der Waals surface area (Å²) in [6.07, 6.45) is 0. The van der Waals surface area contributed by atoms with Gasteiger partial charge in [0, 0.05) is 14.1 Å². The molecule has 1 unspecified atom stereocenters. The highest BCUT2D eigenvalue weighted by atomic mass is 32.2. The molecule has 2 N–H and O–H groups in total. The summed E-state index contributed by atoms with van der Waals surface area (Å²) in [5.74, 6) is 7.86. The number of aromatic nitrogens is 3. The summed E-state index contributed by atoms with van der Waals surface area (Å²) in [5.41, 5.74) is 3.13. The highest BCUT2D eigenvalue weighted by Gasteiger charge is 2.26. The van der Waals surface area contributed by atoms with Crippen LogP contribution in [0.15, 0.2) is 53.7 Å². The smallest absolute Gasteiger partial charge is 0.240 e. The molecule has 7 nitrogen and oxygen atoms in total. The van der Waals surface area contributed by atoms with Gasteiger partial charge >= 0.3 is 0 Å². The van der Waals surface area contributed by atoms with E-state index in [0.29, 0.717) is 16.9 Å². The van der Waals surface area contributed by atoms with E-state index in [1.54, 1.807) is 19.0 Å². The number of nitrogen functional groups attached to an aromatic ring is 1. The molecule has 164 valence electrons. The standard InChI is InChI=1S/C23H29N5O2S/c1-15(2)18-12-11-16(3)13-19(18)30-14-20-25-26-23(28(20)24)31-21(22(29)27(4)5)17-9-7-6-8-10-17/h6-13,15,21H,14,24H2,1-5H3. The first-order valence-electron chi connectivity index (χ1n) is 10.1. The number of amides is 1. The van der Waals surface area contributed by atoms with Gasteiger partial charge in [-0.25, -0.2) is 4.68 Å². The minimum atomic E-state index is -0.471. The van der Waals surface area contributed by atoms with E-state index in [9.17, 15) is 4.79 Å². The van der Waals surface area contributed by atoms with Crippen LogP contribution in [-0.2, 0) is 11.4 Å². The number of carbonyl (C=O) groups is 1. The normalized spacial score (nSPS) is 12.1. The zero-order valence-electron chi connectivity index (χ0n) is 18.6. The number of ether oxygens (including phenoxy) is 1. The van der Waals surface area contributed by atoms with Gasteiger partial charge in [-0.2, -0.15) is 0 Å². The molecule has 0 spiro atoms. The third-order valence-electron chi connectivity index (χ3n) is 4.87. The van der Waals surface area contributed by atoms with Gasteiger partial charge in [0.2, 0.25) is 11.1 Å². The minimum absolute atomic E-state index is 0.0432. The van der Waals surface area contributed by atoms with Gasteiger partial charge in [0.25, 0.3) is 0 Å². The predicted molar refractivity (Wildman–Crippen MR) is 124 cm³/mol. The number of likely N-dealkylation sites (N-methyl/N-ethyl adjacent to an activating group) is 1. The van der Waals surface area contributed by atoms with Gasteiger partial charge in [0.1, 0.15) is 17.6 Å². The van der Waals surface area contributed by atoms with E-state index in [1.807, 2.05) is 43.3 Å². The zero-order chi connectivity index (χ0) is 22.5. The summed E-state index contributed by atoms with van der Waals surface area (Å²) in [4.78, 5) is 14.4. The molecule has 2 aromatic carbocycles. The monoisotopic (exact) mass is 439 g/mol. The topological polar surface area (TPSA) is 86.3 Å². The van der Waals surface area contributed by atoms with Gasteiger partial charge in [-0.1, -0.05) is 68.1 Å². The Morgan fingerprint density at radius 2 is 1.87 bits per heavy atom. The predicted octanol–water partition coefficient (Wildman–Crippen LogP) is 3.92. The van der Waals surface area contributed by atoms with Crippen LogP contribution in [0.1, 0.15) is 47.5 Å². The van der Waals surface area contributed by atoms with Crippen LogP contribution >= 0.6 is 11.8 Å². The van der Waals surface area contributed by atoms with Crippen LogP contribution in [0, 0.1) is 6.92 Å². The Morgan fingerprint density at radius 3 is 2.52 bits per heavy atom. The van der Waals surface area contributed by atoms with Crippen LogP contribution < -0.4 is 10.6 Å². The van der Waals surface area contributed by atoms with E-state index in [4.69, 9.17) is 10.6 Å². The van der Waals surface area contributed by atoms with Gasteiger partial charge in [0.05, 0.1) is 0 Å². The number of nitrogens with zero attached hydrogens (tertiary/aromatic N) is 4. The Kier molecular flexibility index (Phi) is 7.22. The third-order valence-corrected chi connectivity index (χ3v) is 6.07. The van der Waals surface area contributed by atoms with Crippen molar-refractivity contribution in [2.24, 2.45) is 0 Å². The maximum Gasteiger partial charge on any atom is 0.240 e. The van der Waals surface area contributed by atoms with Gasteiger partial charge in [-0.3, -0.25) is 4.79 Å². The highest BCUT2D eigenvalue weighted by molar-refractivity contribution is 8.00. The SMILES string of the molecule is Cc1ccc(C(C)C)c(OCc2nnc(SC(C(=O)N(C)C)c3ccccc3)n2N)c1. The zero-order valence-corrected chi connectivity index (χ0v) is 19.4. The van der Waals surface area contributed by atoms with E-state index in [0.717, 1.165) is 22.4 Å². The van der Waals surface area contributed by atoms with Crippen molar-refractivity contribution in [2.45, 2.75) is 43.7 Å². The summed E-state index contributed by atoms with van der Waals surface area (Å²) in [5, 5.41) is 8.39. The lowest BCUT2D eigenvalue weighted by Crippen LogP contribution is -2.27. The Hall–Kier alpha value is -3.00. The molecule has 3 rings (SSSR count). The molecule has 1 aromatic heterocycles. The molecule has 0 saturated carbocycles. The van der Waals surface area contributed by atoms with Gasteiger partial charge in [-0.15, -0.1) is 10.2 Å². The average molecular weight is 440 g/mol. The molecule has 0 aliphatic rings. The molecule has 0 aliphatic heterocycles. The number of benzene rings is 2. The van der Waals surface area contributed by atoms with E-state index < -0.39 is 5.25 Å².